The van der Waals surface area contributed by atoms with E-state index in [0.29, 0.717) is 5.56 Å². The Morgan fingerprint density at radius 3 is 2.16 bits per heavy atom. The first kappa shape index (κ1) is 20.8. The van der Waals surface area contributed by atoms with Crippen LogP contribution < -0.4 is 10.6 Å². The summed E-state index contributed by atoms with van der Waals surface area (Å²) in [7, 11) is 0. The van der Waals surface area contributed by atoms with Crippen LogP contribution in [0.4, 0.5) is 18.0 Å². The fourth-order valence-corrected chi connectivity index (χ4v) is 1.95. The maximum absolute atomic E-state index is 12.5. The van der Waals surface area contributed by atoms with E-state index in [-0.39, 0.29) is 18.9 Å². The lowest BCUT2D eigenvalue weighted by molar-refractivity contribution is -0.137. The van der Waals surface area contributed by atoms with E-state index in [9.17, 15) is 22.8 Å². The van der Waals surface area contributed by atoms with Gasteiger partial charge in [-0.1, -0.05) is 12.1 Å². The minimum absolute atomic E-state index is 0.0320. The highest BCUT2D eigenvalue weighted by atomic mass is 19.4. The summed E-state index contributed by atoms with van der Waals surface area (Å²) in [5.41, 5.74) is -0.804. The first-order valence-electron chi connectivity index (χ1n) is 7.82. The van der Waals surface area contributed by atoms with Crippen molar-refractivity contribution >= 4 is 12.0 Å². The summed E-state index contributed by atoms with van der Waals surface area (Å²) in [4.78, 5) is 23.3. The molecule has 1 unspecified atom stereocenters. The number of nitrogens with one attached hydrogen (secondary N) is 2. The van der Waals surface area contributed by atoms with Gasteiger partial charge in [-0.3, -0.25) is 4.79 Å². The minimum Gasteiger partial charge on any atom is -0.444 e. The van der Waals surface area contributed by atoms with Gasteiger partial charge in [0.05, 0.1) is 11.6 Å². The molecule has 140 valence electrons. The zero-order valence-electron chi connectivity index (χ0n) is 14.7. The van der Waals surface area contributed by atoms with Crippen LogP contribution in [-0.4, -0.2) is 24.1 Å². The molecular formula is C17H23F3N2O3. The van der Waals surface area contributed by atoms with E-state index in [1.54, 1.807) is 27.7 Å². The summed E-state index contributed by atoms with van der Waals surface area (Å²) in [5.74, 6) is -0.330. The van der Waals surface area contributed by atoms with Crippen molar-refractivity contribution in [1.29, 1.82) is 0 Å². The number of alkyl halides is 3. The summed E-state index contributed by atoms with van der Waals surface area (Å²) in [6.07, 6.45) is -4.97. The molecule has 0 radical (unpaired) electrons. The third-order valence-corrected chi connectivity index (χ3v) is 3.14. The third kappa shape index (κ3) is 7.91. The normalized spacial score (nSPS) is 13.1. The average molecular weight is 360 g/mol. The van der Waals surface area contributed by atoms with Crippen LogP contribution in [0.1, 0.15) is 51.3 Å². The van der Waals surface area contributed by atoms with Crippen molar-refractivity contribution in [3.8, 4) is 0 Å². The van der Waals surface area contributed by atoms with Gasteiger partial charge in [0.15, 0.2) is 0 Å². The number of hydrogen-bond donors (Lipinski definition) is 2. The first-order valence-corrected chi connectivity index (χ1v) is 7.82. The quantitative estimate of drug-likeness (QED) is 0.839. The second-order valence-electron chi connectivity index (χ2n) is 6.59. The highest BCUT2D eigenvalue weighted by Crippen LogP contribution is 2.29. The number of hydrogen-bond acceptors (Lipinski definition) is 3. The summed E-state index contributed by atoms with van der Waals surface area (Å²) in [6, 6.07) is 4.15. The predicted molar refractivity (Wildman–Crippen MR) is 86.9 cm³/mol. The van der Waals surface area contributed by atoms with Gasteiger partial charge in [0.2, 0.25) is 5.91 Å². The van der Waals surface area contributed by atoms with Crippen molar-refractivity contribution in [3.05, 3.63) is 35.4 Å². The lowest BCUT2D eigenvalue weighted by Gasteiger charge is -2.20. The molecule has 0 saturated carbocycles. The van der Waals surface area contributed by atoms with Crippen LogP contribution in [0, 0.1) is 0 Å². The van der Waals surface area contributed by atoms with E-state index in [0.717, 1.165) is 12.1 Å². The Labute approximate surface area is 144 Å². The van der Waals surface area contributed by atoms with Crippen LogP contribution >= 0.6 is 0 Å². The number of carbonyl (C=O) groups is 2. The molecule has 8 heteroatoms. The standard InChI is InChI=1S/C17H23F3N2O3/c1-11(12-5-7-13(8-6-12)17(18,19)20)22-14(23)9-10-21-15(24)25-16(2,3)4/h5-8,11H,9-10H2,1-4H3,(H,21,24)(H,22,23). The molecule has 1 aromatic carbocycles. The number of carbonyl (C=O) groups excluding carboxylic acids is 2. The Hall–Kier alpha value is -2.25. The molecule has 1 atom stereocenters. The molecule has 0 aromatic heterocycles. The van der Waals surface area contributed by atoms with Crippen LogP contribution in [-0.2, 0) is 15.7 Å². The van der Waals surface area contributed by atoms with E-state index in [1.807, 2.05) is 0 Å². The SMILES string of the molecule is CC(NC(=O)CCNC(=O)OC(C)(C)C)c1ccc(C(F)(F)F)cc1. The van der Waals surface area contributed by atoms with Gasteiger partial charge in [-0.05, 0) is 45.4 Å². The fourth-order valence-electron chi connectivity index (χ4n) is 1.95. The summed E-state index contributed by atoms with van der Waals surface area (Å²) in [5, 5.41) is 5.12. The van der Waals surface area contributed by atoms with Crippen molar-refractivity contribution in [3.63, 3.8) is 0 Å². The third-order valence-electron chi connectivity index (χ3n) is 3.14. The van der Waals surface area contributed by atoms with Crippen LogP contribution in [0.25, 0.3) is 0 Å². The summed E-state index contributed by atoms with van der Waals surface area (Å²) >= 11 is 0. The highest BCUT2D eigenvalue weighted by Gasteiger charge is 2.30. The van der Waals surface area contributed by atoms with Crippen molar-refractivity contribution in [2.24, 2.45) is 0 Å². The lowest BCUT2D eigenvalue weighted by atomic mass is 10.1. The number of benzene rings is 1. The molecule has 0 fully saturated rings. The first-order chi connectivity index (χ1) is 11.4. The molecule has 0 aliphatic carbocycles. The Morgan fingerprint density at radius 1 is 1.12 bits per heavy atom. The number of halogens is 3. The molecule has 0 saturated heterocycles. The van der Waals surface area contributed by atoms with Crippen LogP contribution in [0.15, 0.2) is 24.3 Å². The molecule has 0 heterocycles. The largest absolute Gasteiger partial charge is 0.444 e. The van der Waals surface area contributed by atoms with Crippen molar-refractivity contribution in [2.45, 2.75) is 51.9 Å². The molecule has 5 nitrogen and oxygen atoms in total. The molecule has 0 bridgehead atoms. The van der Waals surface area contributed by atoms with Crippen molar-refractivity contribution in [2.75, 3.05) is 6.54 Å². The highest BCUT2D eigenvalue weighted by molar-refractivity contribution is 5.77. The Kier molecular flexibility index (Phi) is 6.84. The molecule has 1 aromatic rings. The van der Waals surface area contributed by atoms with E-state index in [4.69, 9.17) is 4.74 Å². The smallest absolute Gasteiger partial charge is 0.416 e. The minimum atomic E-state index is -4.39. The van der Waals surface area contributed by atoms with Crippen LogP contribution in [0.5, 0.6) is 0 Å². The van der Waals surface area contributed by atoms with Crippen LogP contribution in [0.3, 0.4) is 0 Å². The molecule has 0 aliphatic rings. The van der Waals surface area contributed by atoms with Gasteiger partial charge in [-0.25, -0.2) is 4.79 Å². The van der Waals surface area contributed by atoms with Gasteiger partial charge < -0.3 is 15.4 Å². The summed E-state index contributed by atoms with van der Waals surface area (Å²) < 4.78 is 42.6. The fraction of sp³-hybridized carbons (Fsp3) is 0.529. The lowest BCUT2D eigenvalue weighted by Crippen LogP contribution is -2.35. The van der Waals surface area contributed by atoms with Crippen molar-refractivity contribution < 1.29 is 27.5 Å². The molecule has 1 rings (SSSR count). The molecule has 25 heavy (non-hydrogen) atoms. The predicted octanol–water partition coefficient (Wildman–Crippen LogP) is 3.80. The van der Waals surface area contributed by atoms with Gasteiger partial charge >= 0.3 is 12.3 Å². The number of amides is 2. The Balaban J connectivity index is 2.43. The average Bonchev–Trinajstić information content (AvgIpc) is 2.44. The van der Waals surface area contributed by atoms with E-state index >= 15 is 0 Å². The molecule has 2 N–H and O–H groups in total. The number of rotatable bonds is 5. The van der Waals surface area contributed by atoms with Gasteiger partial charge in [-0.2, -0.15) is 13.2 Å². The molecule has 2 amide bonds. The van der Waals surface area contributed by atoms with E-state index in [1.165, 1.54) is 12.1 Å². The zero-order valence-corrected chi connectivity index (χ0v) is 14.7. The molecule has 0 spiro atoms. The second kappa shape index (κ2) is 8.22. The Morgan fingerprint density at radius 2 is 1.68 bits per heavy atom. The monoisotopic (exact) mass is 360 g/mol. The summed E-state index contributed by atoms with van der Waals surface area (Å²) in [6.45, 7) is 6.95. The maximum atomic E-state index is 12.5. The van der Waals surface area contributed by atoms with Gasteiger partial charge in [0.25, 0.3) is 0 Å². The zero-order chi connectivity index (χ0) is 19.3. The maximum Gasteiger partial charge on any atom is 0.416 e. The van der Waals surface area contributed by atoms with Crippen LogP contribution in [0.2, 0.25) is 0 Å². The van der Waals surface area contributed by atoms with E-state index < -0.39 is 29.5 Å². The van der Waals surface area contributed by atoms with Gasteiger partial charge in [0, 0.05) is 13.0 Å². The second-order valence-corrected chi connectivity index (χ2v) is 6.59. The molecular weight excluding hydrogens is 337 g/mol. The van der Waals surface area contributed by atoms with Gasteiger partial charge in [-0.15, -0.1) is 0 Å². The van der Waals surface area contributed by atoms with Gasteiger partial charge in [0.1, 0.15) is 5.60 Å². The number of alkyl carbamates (subject to hydrolysis) is 1. The van der Waals surface area contributed by atoms with Crippen molar-refractivity contribution in [1.82, 2.24) is 10.6 Å². The molecule has 0 aliphatic heterocycles. The van der Waals surface area contributed by atoms with E-state index in [2.05, 4.69) is 10.6 Å². The Bertz CT molecular complexity index is 593. The number of ether oxygens (including phenoxy) is 1. The topological polar surface area (TPSA) is 67.4 Å².